The van der Waals surface area contributed by atoms with Crippen LogP contribution in [0.15, 0.2) is 35.3 Å². The van der Waals surface area contributed by atoms with Gasteiger partial charge in [0.1, 0.15) is 6.04 Å². The van der Waals surface area contributed by atoms with Crippen LogP contribution in [0.3, 0.4) is 0 Å². The third kappa shape index (κ3) is 3.46. The molecular weight excluding hydrogens is 272 g/mol. The van der Waals surface area contributed by atoms with Crippen molar-refractivity contribution in [1.82, 2.24) is 20.0 Å². The van der Waals surface area contributed by atoms with Crippen LogP contribution in [-0.2, 0) is 4.79 Å². The third-order valence-electron chi connectivity index (χ3n) is 3.32. The number of amides is 1. The van der Waals surface area contributed by atoms with Gasteiger partial charge in [-0.25, -0.2) is 0 Å². The molecule has 6 heteroatoms. The first-order chi connectivity index (χ1) is 9.59. The van der Waals surface area contributed by atoms with Crippen LogP contribution in [-0.4, -0.2) is 41.2 Å². The Morgan fingerprint density at radius 2 is 2.35 bits per heavy atom. The lowest BCUT2D eigenvalue weighted by atomic mass is 10.1. The molecule has 0 unspecified atom stereocenters. The van der Waals surface area contributed by atoms with Gasteiger partial charge in [0.25, 0.3) is 0 Å². The molecule has 0 saturated carbocycles. The number of thiophene rings is 1. The molecule has 108 valence electrons. The fourth-order valence-electron chi connectivity index (χ4n) is 2.04. The summed E-state index contributed by atoms with van der Waals surface area (Å²) >= 11 is 1.67. The van der Waals surface area contributed by atoms with E-state index in [9.17, 15) is 4.79 Å². The smallest absolute Gasteiger partial charge is 0.244 e. The molecule has 0 aliphatic carbocycles. The monoisotopic (exact) mass is 292 g/mol. The first kappa shape index (κ1) is 14.7. The van der Waals surface area contributed by atoms with Crippen LogP contribution in [0.4, 0.5) is 0 Å². The number of rotatable bonds is 6. The molecule has 2 aromatic rings. The molecule has 5 nitrogen and oxygen atoms in total. The molecule has 2 rings (SSSR count). The lowest BCUT2D eigenvalue weighted by molar-refractivity contribution is -0.124. The highest BCUT2D eigenvalue weighted by Crippen LogP contribution is 2.20. The topological polar surface area (TPSA) is 50.2 Å². The Morgan fingerprint density at radius 1 is 1.55 bits per heavy atom. The standard InChI is InChI=1S/C14H20N4OS/c1-11(18-7-4-6-16-18)14(19)15-9-13(17(2)3)12-5-8-20-10-12/h4-8,10-11,13H,9H2,1-3H3,(H,15,19)/t11-,13+/m0/s1. The summed E-state index contributed by atoms with van der Waals surface area (Å²) in [5.41, 5.74) is 1.23. The highest BCUT2D eigenvalue weighted by atomic mass is 32.1. The Morgan fingerprint density at radius 3 is 2.90 bits per heavy atom. The second-order valence-corrected chi connectivity index (χ2v) is 5.72. The predicted molar refractivity (Wildman–Crippen MR) is 80.7 cm³/mol. The summed E-state index contributed by atoms with van der Waals surface area (Å²) in [6, 6.07) is 3.81. The van der Waals surface area contributed by atoms with E-state index in [1.165, 1.54) is 5.56 Å². The van der Waals surface area contributed by atoms with Crippen molar-refractivity contribution in [3.63, 3.8) is 0 Å². The molecular formula is C14H20N4OS. The number of aromatic nitrogens is 2. The molecule has 20 heavy (non-hydrogen) atoms. The second kappa shape index (κ2) is 6.67. The van der Waals surface area contributed by atoms with Crippen molar-refractivity contribution in [3.8, 4) is 0 Å². The van der Waals surface area contributed by atoms with E-state index < -0.39 is 0 Å². The minimum absolute atomic E-state index is 0.0178. The lowest BCUT2D eigenvalue weighted by Gasteiger charge is -2.24. The molecule has 2 heterocycles. The van der Waals surface area contributed by atoms with Gasteiger partial charge in [0.05, 0.1) is 6.04 Å². The molecule has 0 fully saturated rings. The number of carbonyl (C=O) groups is 1. The van der Waals surface area contributed by atoms with E-state index in [4.69, 9.17) is 0 Å². The summed E-state index contributed by atoms with van der Waals surface area (Å²) in [4.78, 5) is 14.3. The molecule has 2 aromatic heterocycles. The molecule has 0 spiro atoms. The Bertz CT molecular complexity index is 521. The Balaban J connectivity index is 1.94. The summed E-state index contributed by atoms with van der Waals surface area (Å²) < 4.78 is 1.66. The van der Waals surface area contributed by atoms with Crippen molar-refractivity contribution >= 4 is 17.2 Å². The first-order valence-electron chi connectivity index (χ1n) is 6.55. The maximum atomic E-state index is 12.2. The molecule has 1 amide bonds. The summed E-state index contributed by atoms with van der Waals surface area (Å²) in [6.45, 7) is 2.44. The first-order valence-corrected chi connectivity index (χ1v) is 7.49. The maximum absolute atomic E-state index is 12.2. The molecule has 0 aliphatic heterocycles. The Kier molecular flexibility index (Phi) is 4.92. The quantitative estimate of drug-likeness (QED) is 0.885. The SMILES string of the molecule is C[C@@H](C(=O)NC[C@H](c1ccsc1)N(C)C)n1cccn1. The average molecular weight is 292 g/mol. The zero-order chi connectivity index (χ0) is 14.5. The van der Waals surface area contributed by atoms with Crippen LogP contribution in [0.2, 0.25) is 0 Å². The van der Waals surface area contributed by atoms with Crippen LogP contribution < -0.4 is 5.32 Å². The van der Waals surface area contributed by atoms with Gasteiger partial charge in [-0.05, 0) is 49.5 Å². The predicted octanol–water partition coefficient (Wildman–Crippen LogP) is 1.92. The number of nitrogens with one attached hydrogen (secondary N) is 1. The number of hydrogen-bond acceptors (Lipinski definition) is 4. The van der Waals surface area contributed by atoms with Gasteiger partial charge in [0.15, 0.2) is 0 Å². The van der Waals surface area contributed by atoms with Crippen molar-refractivity contribution in [1.29, 1.82) is 0 Å². The summed E-state index contributed by atoms with van der Waals surface area (Å²) in [5.74, 6) is -0.0178. The van der Waals surface area contributed by atoms with Crippen LogP contribution in [0.1, 0.15) is 24.6 Å². The van der Waals surface area contributed by atoms with Gasteiger partial charge in [-0.1, -0.05) is 0 Å². The van der Waals surface area contributed by atoms with E-state index in [2.05, 4.69) is 32.1 Å². The molecule has 0 aromatic carbocycles. The van der Waals surface area contributed by atoms with Crippen LogP contribution in [0.25, 0.3) is 0 Å². The number of hydrogen-bond donors (Lipinski definition) is 1. The van der Waals surface area contributed by atoms with Crippen LogP contribution in [0, 0.1) is 0 Å². The molecule has 0 saturated heterocycles. The number of carbonyl (C=O) groups excluding carboxylic acids is 1. The van der Waals surface area contributed by atoms with E-state index in [1.54, 1.807) is 28.4 Å². The highest BCUT2D eigenvalue weighted by molar-refractivity contribution is 7.07. The summed E-state index contributed by atoms with van der Waals surface area (Å²) in [6.07, 6.45) is 3.48. The van der Waals surface area contributed by atoms with Crippen molar-refractivity contribution in [2.24, 2.45) is 0 Å². The van der Waals surface area contributed by atoms with Crippen molar-refractivity contribution < 1.29 is 4.79 Å². The molecule has 0 radical (unpaired) electrons. The number of likely N-dealkylation sites (N-methyl/N-ethyl adjacent to an activating group) is 1. The van der Waals surface area contributed by atoms with Crippen molar-refractivity contribution in [3.05, 3.63) is 40.8 Å². The van der Waals surface area contributed by atoms with Gasteiger partial charge in [0.2, 0.25) is 5.91 Å². The normalized spacial score (nSPS) is 14.2. The van der Waals surface area contributed by atoms with Gasteiger partial charge >= 0.3 is 0 Å². The molecule has 2 atom stereocenters. The van der Waals surface area contributed by atoms with E-state index in [0.29, 0.717) is 6.54 Å². The second-order valence-electron chi connectivity index (χ2n) is 4.94. The van der Waals surface area contributed by atoms with Crippen molar-refractivity contribution in [2.45, 2.75) is 19.0 Å². The minimum Gasteiger partial charge on any atom is -0.352 e. The molecule has 0 aliphatic rings. The van der Waals surface area contributed by atoms with Gasteiger partial charge < -0.3 is 10.2 Å². The maximum Gasteiger partial charge on any atom is 0.244 e. The summed E-state index contributed by atoms with van der Waals surface area (Å²) in [5, 5.41) is 11.3. The Hall–Kier alpha value is -1.66. The Labute approximate surface area is 123 Å². The van der Waals surface area contributed by atoms with E-state index in [0.717, 1.165) is 0 Å². The van der Waals surface area contributed by atoms with E-state index in [1.807, 2.05) is 27.1 Å². The van der Waals surface area contributed by atoms with Crippen LogP contribution >= 0.6 is 11.3 Å². The minimum atomic E-state index is -0.296. The van der Waals surface area contributed by atoms with Gasteiger partial charge in [0, 0.05) is 18.9 Å². The largest absolute Gasteiger partial charge is 0.352 e. The van der Waals surface area contributed by atoms with Crippen LogP contribution in [0.5, 0.6) is 0 Å². The molecule has 1 N–H and O–H groups in total. The highest BCUT2D eigenvalue weighted by Gasteiger charge is 2.19. The molecule has 0 bridgehead atoms. The van der Waals surface area contributed by atoms with E-state index >= 15 is 0 Å². The summed E-state index contributed by atoms with van der Waals surface area (Å²) in [7, 11) is 4.04. The van der Waals surface area contributed by atoms with Crippen molar-refractivity contribution in [2.75, 3.05) is 20.6 Å². The fraction of sp³-hybridized carbons (Fsp3) is 0.429. The third-order valence-corrected chi connectivity index (χ3v) is 4.02. The van der Waals surface area contributed by atoms with Gasteiger partial charge in [-0.3, -0.25) is 9.48 Å². The zero-order valence-corrected chi connectivity index (χ0v) is 12.8. The fourth-order valence-corrected chi connectivity index (χ4v) is 2.75. The van der Waals surface area contributed by atoms with Gasteiger partial charge in [-0.15, -0.1) is 0 Å². The number of nitrogens with zero attached hydrogens (tertiary/aromatic N) is 3. The zero-order valence-electron chi connectivity index (χ0n) is 12.0. The van der Waals surface area contributed by atoms with Gasteiger partial charge in [-0.2, -0.15) is 16.4 Å². The lowest BCUT2D eigenvalue weighted by Crippen LogP contribution is -2.37. The average Bonchev–Trinajstić information content (AvgIpc) is 3.10. The van der Waals surface area contributed by atoms with E-state index in [-0.39, 0.29) is 18.0 Å².